The summed E-state index contributed by atoms with van der Waals surface area (Å²) in [7, 11) is 1.97. The molecule has 0 aliphatic rings. The number of carbonyl (C=O) groups is 1. The molecule has 154 valence electrons. The van der Waals surface area contributed by atoms with Crippen molar-refractivity contribution in [3.8, 4) is 21.1 Å². The number of amides is 1. The maximum absolute atomic E-state index is 12.8. The number of fused-ring (bicyclic) bond motifs is 1. The van der Waals surface area contributed by atoms with Crippen molar-refractivity contribution in [1.82, 2.24) is 19.9 Å². The third kappa shape index (κ3) is 4.02. The van der Waals surface area contributed by atoms with Gasteiger partial charge in [-0.3, -0.25) is 4.79 Å². The first-order valence-electron chi connectivity index (χ1n) is 9.95. The van der Waals surface area contributed by atoms with Crippen LogP contribution in [0.5, 0.6) is 0 Å². The van der Waals surface area contributed by atoms with Crippen molar-refractivity contribution >= 4 is 39.6 Å². The van der Waals surface area contributed by atoms with Crippen LogP contribution in [0.25, 0.3) is 32.2 Å². The Labute approximate surface area is 188 Å². The van der Waals surface area contributed by atoms with Gasteiger partial charge in [0.15, 0.2) is 0 Å². The summed E-state index contributed by atoms with van der Waals surface area (Å²) in [6, 6.07) is 22.1. The van der Waals surface area contributed by atoms with E-state index >= 15 is 0 Å². The number of imidazole rings is 1. The monoisotopic (exact) mass is 444 g/mol. The molecule has 0 aliphatic carbocycles. The van der Waals surface area contributed by atoms with Crippen LogP contribution < -0.4 is 5.32 Å². The Morgan fingerprint density at radius 3 is 2.58 bits per heavy atom. The molecule has 1 N–H and O–H groups in total. The van der Waals surface area contributed by atoms with Gasteiger partial charge in [0, 0.05) is 17.5 Å². The first-order valence-corrected chi connectivity index (χ1v) is 11.6. The molecule has 2 aromatic carbocycles. The molecule has 0 atom stereocenters. The first-order chi connectivity index (χ1) is 15.2. The summed E-state index contributed by atoms with van der Waals surface area (Å²) >= 11 is 3.22. The molecule has 0 saturated carbocycles. The number of aryl methyl sites for hydroxylation is 1. The van der Waals surface area contributed by atoms with Crippen LogP contribution in [0.4, 0.5) is 0 Å². The van der Waals surface area contributed by atoms with Crippen molar-refractivity contribution < 1.29 is 4.79 Å². The Balaban J connectivity index is 1.36. The minimum atomic E-state index is -0.0341. The van der Waals surface area contributed by atoms with E-state index < -0.39 is 0 Å². The summed E-state index contributed by atoms with van der Waals surface area (Å²) in [6.45, 7) is 0.392. The highest BCUT2D eigenvalue weighted by atomic mass is 32.1. The summed E-state index contributed by atoms with van der Waals surface area (Å²) in [4.78, 5) is 24.4. The molecule has 0 unspecified atom stereocenters. The zero-order valence-corrected chi connectivity index (χ0v) is 18.5. The van der Waals surface area contributed by atoms with Crippen molar-refractivity contribution in [2.75, 3.05) is 0 Å². The average Bonchev–Trinajstić information content (AvgIpc) is 3.53. The summed E-state index contributed by atoms with van der Waals surface area (Å²) in [5.41, 5.74) is 3.96. The van der Waals surface area contributed by atoms with Gasteiger partial charge in [-0.15, -0.1) is 22.7 Å². The molecular weight excluding hydrogens is 424 g/mol. The summed E-state index contributed by atoms with van der Waals surface area (Å²) in [6.07, 6.45) is 0.293. The lowest BCUT2D eigenvalue weighted by Crippen LogP contribution is -2.25. The number of nitrogens with one attached hydrogen (secondary N) is 1. The normalized spacial score (nSPS) is 11.1. The second kappa shape index (κ2) is 8.45. The fourth-order valence-corrected chi connectivity index (χ4v) is 5.41. The van der Waals surface area contributed by atoms with Crippen molar-refractivity contribution in [3.05, 3.63) is 82.8 Å². The molecule has 5 aromatic rings. The molecule has 7 heteroatoms. The second-order valence-electron chi connectivity index (χ2n) is 7.16. The summed E-state index contributed by atoms with van der Waals surface area (Å²) in [5, 5.41) is 6.00. The van der Waals surface area contributed by atoms with Crippen LogP contribution in [0.15, 0.2) is 72.1 Å². The Hall–Kier alpha value is -3.29. The van der Waals surface area contributed by atoms with E-state index in [0.29, 0.717) is 13.0 Å². The number of rotatable bonds is 6. The van der Waals surface area contributed by atoms with Crippen molar-refractivity contribution in [3.63, 3.8) is 0 Å². The van der Waals surface area contributed by atoms with Crippen LogP contribution in [0.3, 0.4) is 0 Å². The molecule has 0 aliphatic heterocycles. The number of benzene rings is 2. The third-order valence-electron chi connectivity index (χ3n) is 5.12. The van der Waals surface area contributed by atoms with Gasteiger partial charge in [-0.1, -0.05) is 48.5 Å². The van der Waals surface area contributed by atoms with Gasteiger partial charge in [-0.2, -0.15) is 0 Å². The maximum atomic E-state index is 12.8. The zero-order valence-electron chi connectivity index (χ0n) is 16.9. The van der Waals surface area contributed by atoms with Gasteiger partial charge < -0.3 is 9.88 Å². The molecule has 3 heterocycles. The Morgan fingerprint density at radius 1 is 1.00 bits per heavy atom. The lowest BCUT2D eigenvalue weighted by Gasteiger charge is -2.05. The molecule has 31 heavy (non-hydrogen) atoms. The van der Waals surface area contributed by atoms with Crippen molar-refractivity contribution in [2.24, 2.45) is 7.05 Å². The second-order valence-corrected chi connectivity index (χ2v) is 9.19. The van der Waals surface area contributed by atoms with E-state index in [-0.39, 0.29) is 5.91 Å². The van der Waals surface area contributed by atoms with Gasteiger partial charge in [-0.25, -0.2) is 9.97 Å². The van der Waals surface area contributed by atoms with E-state index in [1.165, 1.54) is 0 Å². The topological polar surface area (TPSA) is 59.8 Å². The largest absolute Gasteiger partial charge is 0.349 e. The van der Waals surface area contributed by atoms with Crippen LogP contribution in [-0.2, 0) is 24.8 Å². The quantitative estimate of drug-likeness (QED) is 0.387. The van der Waals surface area contributed by atoms with E-state index in [0.717, 1.165) is 42.9 Å². The summed E-state index contributed by atoms with van der Waals surface area (Å²) in [5.74, 6) is 0.801. The van der Waals surface area contributed by atoms with Gasteiger partial charge in [-0.05, 0) is 23.6 Å². The van der Waals surface area contributed by atoms with Crippen LogP contribution in [0.2, 0.25) is 0 Å². The van der Waals surface area contributed by atoms with E-state index in [2.05, 4.69) is 16.4 Å². The van der Waals surface area contributed by atoms with Gasteiger partial charge in [0.1, 0.15) is 10.8 Å². The number of aromatic nitrogens is 3. The Morgan fingerprint density at radius 2 is 1.81 bits per heavy atom. The zero-order chi connectivity index (χ0) is 21.2. The number of thiazole rings is 1. The van der Waals surface area contributed by atoms with E-state index in [9.17, 15) is 4.79 Å². The van der Waals surface area contributed by atoms with Crippen molar-refractivity contribution in [1.29, 1.82) is 0 Å². The molecule has 0 radical (unpaired) electrons. The Kier molecular flexibility index (Phi) is 5.36. The molecule has 0 fully saturated rings. The van der Waals surface area contributed by atoms with Gasteiger partial charge >= 0.3 is 0 Å². The number of carbonyl (C=O) groups excluding carboxylic acids is 1. The molecule has 0 saturated heterocycles. The molecule has 5 nitrogen and oxygen atoms in total. The Bertz CT molecular complexity index is 1340. The number of nitrogens with zero attached hydrogens (tertiary/aromatic N) is 3. The highest BCUT2D eigenvalue weighted by molar-refractivity contribution is 7.17. The number of hydrogen-bond donors (Lipinski definition) is 1. The lowest BCUT2D eigenvalue weighted by molar-refractivity contribution is -0.120. The highest BCUT2D eigenvalue weighted by Gasteiger charge is 2.18. The summed E-state index contributed by atoms with van der Waals surface area (Å²) < 4.78 is 2.02. The predicted octanol–water partition coefficient (Wildman–Crippen LogP) is 5.28. The first kappa shape index (κ1) is 19.7. The van der Waals surface area contributed by atoms with Gasteiger partial charge in [0.05, 0.1) is 34.6 Å². The predicted molar refractivity (Wildman–Crippen MR) is 127 cm³/mol. The highest BCUT2D eigenvalue weighted by Crippen LogP contribution is 2.36. The van der Waals surface area contributed by atoms with Crippen LogP contribution >= 0.6 is 22.7 Å². The van der Waals surface area contributed by atoms with Crippen molar-refractivity contribution in [2.45, 2.75) is 13.0 Å². The van der Waals surface area contributed by atoms with E-state index in [1.807, 2.05) is 77.7 Å². The van der Waals surface area contributed by atoms with E-state index in [4.69, 9.17) is 4.98 Å². The SMILES string of the molecule is Cn1c(CNC(=O)Cc2sc(-c3ccccc3)nc2-c2cccs2)nc2ccccc21. The van der Waals surface area contributed by atoms with Gasteiger partial charge in [0.2, 0.25) is 5.91 Å². The average molecular weight is 445 g/mol. The van der Waals surface area contributed by atoms with Crippen LogP contribution in [-0.4, -0.2) is 20.4 Å². The smallest absolute Gasteiger partial charge is 0.225 e. The van der Waals surface area contributed by atoms with Gasteiger partial charge in [0.25, 0.3) is 0 Å². The minimum Gasteiger partial charge on any atom is -0.349 e. The third-order valence-corrected chi connectivity index (χ3v) is 7.10. The van der Waals surface area contributed by atoms with E-state index in [1.54, 1.807) is 22.7 Å². The lowest BCUT2D eigenvalue weighted by atomic mass is 10.2. The fraction of sp³-hybridized carbons (Fsp3) is 0.125. The number of thiophene rings is 1. The minimum absolute atomic E-state index is 0.0341. The molecule has 1 amide bonds. The molecular formula is C24H20N4OS2. The number of hydrogen-bond acceptors (Lipinski definition) is 5. The molecule has 3 aromatic heterocycles. The van der Waals surface area contributed by atoms with Crippen LogP contribution in [0.1, 0.15) is 10.7 Å². The standard InChI is InChI=1S/C24H20N4OS2/c1-28-18-11-6-5-10-17(18)26-21(28)15-25-22(29)14-20-23(19-12-7-13-30-19)27-24(31-20)16-8-3-2-4-9-16/h2-13H,14-15H2,1H3,(H,25,29). The fourth-order valence-electron chi connectivity index (χ4n) is 3.52. The molecule has 5 rings (SSSR count). The van der Waals surface area contributed by atoms with Crippen LogP contribution in [0, 0.1) is 0 Å². The molecule has 0 bridgehead atoms. The number of para-hydroxylation sites is 2. The molecule has 0 spiro atoms. The maximum Gasteiger partial charge on any atom is 0.225 e.